The van der Waals surface area contributed by atoms with E-state index in [1.165, 1.54) is 11.3 Å². The van der Waals surface area contributed by atoms with Gasteiger partial charge in [0.25, 0.3) is 0 Å². The largest absolute Gasteiger partial charge is 0.493 e. The Morgan fingerprint density at radius 2 is 1.84 bits per heavy atom. The molecule has 9 nitrogen and oxygen atoms in total. The number of benzene rings is 2. The van der Waals surface area contributed by atoms with Gasteiger partial charge in [-0.15, -0.1) is 16.4 Å². The van der Waals surface area contributed by atoms with Crippen LogP contribution in [0.1, 0.15) is 43.7 Å². The highest BCUT2D eigenvalue weighted by Gasteiger charge is 2.35. The van der Waals surface area contributed by atoms with Crippen molar-refractivity contribution in [3.63, 3.8) is 0 Å². The second-order valence-corrected chi connectivity index (χ2v) is 10.6. The molecule has 10 heteroatoms. The lowest BCUT2D eigenvalue weighted by Crippen LogP contribution is -2.50. The average molecular weight is 536 g/mol. The van der Waals surface area contributed by atoms with E-state index in [0.29, 0.717) is 22.6 Å². The molecule has 0 saturated carbocycles. The van der Waals surface area contributed by atoms with Gasteiger partial charge in [0.15, 0.2) is 11.5 Å². The molecule has 2 aromatic heterocycles. The number of carbonyl (C=O) groups is 2. The number of amides is 2. The highest BCUT2D eigenvalue weighted by molar-refractivity contribution is 7.09. The molecule has 0 bridgehead atoms. The minimum absolute atomic E-state index is 0.0693. The zero-order valence-corrected chi connectivity index (χ0v) is 23.1. The molecule has 0 spiro atoms. The summed E-state index contributed by atoms with van der Waals surface area (Å²) in [6.07, 6.45) is 0.723. The SMILES string of the molecule is CCC(C)(C)NC(=O)[C@@H](c1ccc(OC)c(OC)c1)N(Cc1cccs1)C(=O)Cn1nnc2ccccc21. The van der Waals surface area contributed by atoms with Crippen molar-refractivity contribution in [3.05, 3.63) is 70.4 Å². The molecule has 4 rings (SSSR count). The van der Waals surface area contributed by atoms with Gasteiger partial charge >= 0.3 is 0 Å². The van der Waals surface area contributed by atoms with Gasteiger partial charge in [0.2, 0.25) is 11.8 Å². The molecule has 0 aliphatic heterocycles. The first kappa shape index (κ1) is 27.1. The number of nitrogens with zero attached hydrogens (tertiary/aromatic N) is 4. The van der Waals surface area contributed by atoms with E-state index in [2.05, 4.69) is 15.6 Å². The topological polar surface area (TPSA) is 98.6 Å². The molecule has 4 aromatic rings. The number of hydrogen-bond acceptors (Lipinski definition) is 7. The lowest BCUT2D eigenvalue weighted by Gasteiger charge is -2.34. The van der Waals surface area contributed by atoms with Crippen LogP contribution in [0.15, 0.2) is 60.0 Å². The van der Waals surface area contributed by atoms with Gasteiger partial charge in [0.1, 0.15) is 18.1 Å². The van der Waals surface area contributed by atoms with Crippen LogP contribution in [0.2, 0.25) is 0 Å². The van der Waals surface area contributed by atoms with Crippen molar-refractivity contribution in [2.75, 3.05) is 14.2 Å². The minimum Gasteiger partial charge on any atom is -0.493 e. The molecule has 0 aliphatic rings. The van der Waals surface area contributed by atoms with Crippen LogP contribution >= 0.6 is 11.3 Å². The number of ether oxygens (including phenoxy) is 2. The van der Waals surface area contributed by atoms with Crippen molar-refractivity contribution < 1.29 is 19.1 Å². The van der Waals surface area contributed by atoms with E-state index >= 15 is 0 Å². The first-order chi connectivity index (χ1) is 18.3. The molecule has 0 radical (unpaired) electrons. The number of nitrogens with one attached hydrogen (secondary N) is 1. The second-order valence-electron chi connectivity index (χ2n) is 9.58. The molecule has 0 fully saturated rings. The Kier molecular flexibility index (Phi) is 8.31. The summed E-state index contributed by atoms with van der Waals surface area (Å²) in [7, 11) is 3.10. The Labute approximate surface area is 226 Å². The first-order valence-corrected chi connectivity index (χ1v) is 13.3. The summed E-state index contributed by atoms with van der Waals surface area (Å²) in [6, 6.07) is 15.7. The summed E-state index contributed by atoms with van der Waals surface area (Å²) in [5.74, 6) is 0.466. The molecular weight excluding hydrogens is 502 g/mol. The van der Waals surface area contributed by atoms with E-state index in [1.54, 1.807) is 42.0 Å². The number of aromatic nitrogens is 3. The zero-order valence-electron chi connectivity index (χ0n) is 22.3. The summed E-state index contributed by atoms with van der Waals surface area (Å²) >= 11 is 1.53. The van der Waals surface area contributed by atoms with Gasteiger partial charge in [0, 0.05) is 10.4 Å². The van der Waals surface area contributed by atoms with Gasteiger partial charge in [-0.3, -0.25) is 9.59 Å². The normalized spacial score (nSPS) is 12.2. The van der Waals surface area contributed by atoms with Crippen LogP contribution in [0.25, 0.3) is 11.0 Å². The van der Waals surface area contributed by atoms with Crippen LogP contribution in [-0.2, 0) is 22.7 Å². The summed E-state index contributed by atoms with van der Waals surface area (Å²) in [5, 5.41) is 13.5. The molecule has 38 heavy (non-hydrogen) atoms. The van der Waals surface area contributed by atoms with E-state index in [4.69, 9.17) is 9.47 Å². The van der Waals surface area contributed by atoms with E-state index in [1.807, 2.05) is 62.5 Å². The lowest BCUT2D eigenvalue weighted by molar-refractivity contribution is -0.142. The van der Waals surface area contributed by atoms with Crippen molar-refractivity contribution in [2.24, 2.45) is 0 Å². The number of fused-ring (bicyclic) bond motifs is 1. The highest BCUT2D eigenvalue weighted by atomic mass is 32.1. The number of thiophene rings is 1. The lowest BCUT2D eigenvalue weighted by atomic mass is 9.98. The quantitative estimate of drug-likeness (QED) is 0.302. The number of rotatable bonds is 11. The number of para-hydroxylation sites is 1. The monoisotopic (exact) mass is 535 g/mol. The molecule has 1 atom stereocenters. The fourth-order valence-corrected chi connectivity index (χ4v) is 4.84. The van der Waals surface area contributed by atoms with Gasteiger partial charge < -0.3 is 19.7 Å². The van der Waals surface area contributed by atoms with Crippen LogP contribution in [0.3, 0.4) is 0 Å². The molecule has 1 N–H and O–H groups in total. The summed E-state index contributed by atoms with van der Waals surface area (Å²) in [6.45, 7) is 6.12. The molecule has 2 heterocycles. The first-order valence-electron chi connectivity index (χ1n) is 12.4. The Hall–Kier alpha value is -3.92. The molecule has 0 unspecified atom stereocenters. The van der Waals surface area contributed by atoms with Crippen molar-refractivity contribution in [2.45, 2.75) is 51.9 Å². The highest BCUT2D eigenvalue weighted by Crippen LogP contribution is 2.34. The third kappa shape index (κ3) is 5.96. The number of carbonyl (C=O) groups excluding carboxylic acids is 2. The standard InChI is InChI=1S/C28H33N5O4S/c1-6-28(2,3)29-27(35)26(19-13-14-23(36-4)24(16-19)37-5)32(17-20-10-9-15-38-20)25(34)18-33-22-12-8-7-11-21(22)30-31-33/h7-16,26H,6,17-18H2,1-5H3,(H,29,35)/t26-/m1/s1. The maximum atomic E-state index is 14.0. The van der Waals surface area contributed by atoms with E-state index < -0.39 is 11.6 Å². The van der Waals surface area contributed by atoms with Gasteiger partial charge in [-0.1, -0.05) is 36.4 Å². The Morgan fingerprint density at radius 3 is 2.53 bits per heavy atom. The van der Waals surface area contributed by atoms with Crippen LogP contribution < -0.4 is 14.8 Å². The molecule has 0 saturated heterocycles. The van der Waals surface area contributed by atoms with Crippen molar-refractivity contribution in [3.8, 4) is 11.5 Å². The summed E-state index contributed by atoms with van der Waals surface area (Å²) in [4.78, 5) is 30.5. The zero-order chi connectivity index (χ0) is 27.3. The second kappa shape index (κ2) is 11.6. The fourth-order valence-electron chi connectivity index (χ4n) is 4.13. The van der Waals surface area contributed by atoms with Gasteiger partial charge in [-0.2, -0.15) is 0 Å². The minimum atomic E-state index is -0.926. The van der Waals surface area contributed by atoms with Crippen molar-refractivity contribution >= 4 is 34.2 Å². The molecule has 2 amide bonds. The maximum Gasteiger partial charge on any atom is 0.247 e. The van der Waals surface area contributed by atoms with Crippen LogP contribution in [-0.4, -0.2) is 51.5 Å². The third-order valence-electron chi connectivity index (χ3n) is 6.56. The predicted molar refractivity (Wildman–Crippen MR) is 147 cm³/mol. The number of methoxy groups -OCH3 is 2. The van der Waals surface area contributed by atoms with E-state index in [0.717, 1.165) is 16.8 Å². The van der Waals surface area contributed by atoms with Gasteiger partial charge in [0.05, 0.1) is 26.3 Å². The maximum absolute atomic E-state index is 14.0. The van der Waals surface area contributed by atoms with Gasteiger partial charge in [-0.05, 0) is 61.5 Å². The van der Waals surface area contributed by atoms with Crippen molar-refractivity contribution in [1.82, 2.24) is 25.2 Å². The third-order valence-corrected chi connectivity index (χ3v) is 7.42. The Bertz CT molecular complexity index is 1400. The van der Waals surface area contributed by atoms with Crippen molar-refractivity contribution in [1.29, 1.82) is 0 Å². The smallest absolute Gasteiger partial charge is 0.247 e. The predicted octanol–water partition coefficient (Wildman–Crippen LogP) is 4.58. The molecule has 0 aliphatic carbocycles. The average Bonchev–Trinajstić information content (AvgIpc) is 3.58. The van der Waals surface area contributed by atoms with E-state index in [9.17, 15) is 9.59 Å². The summed E-state index contributed by atoms with van der Waals surface area (Å²) < 4.78 is 12.5. The summed E-state index contributed by atoms with van der Waals surface area (Å²) in [5.41, 5.74) is 1.59. The molecule has 2 aromatic carbocycles. The number of hydrogen-bond donors (Lipinski definition) is 1. The fraction of sp³-hybridized carbons (Fsp3) is 0.357. The van der Waals surface area contributed by atoms with E-state index in [-0.39, 0.29) is 24.9 Å². The van der Waals surface area contributed by atoms with Crippen LogP contribution in [0, 0.1) is 0 Å². The molecule has 200 valence electrons. The Morgan fingerprint density at radius 1 is 1.08 bits per heavy atom. The van der Waals surface area contributed by atoms with Crippen LogP contribution in [0.5, 0.6) is 11.5 Å². The van der Waals surface area contributed by atoms with Crippen LogP contribution in [0.4, 0.5) is 0 Å². The van der Waals surface area contributed by atoms with Gasteiger partial charge in [-0.25, -0.2) is 4.68 Å². The molecular formula is C28H33N5O4S. The Balaban J connectivity index is 1.79.